The maximum atomic E-state index is 13.3. The van der Waals surface area contributed by atoms with Gasteiger partial charge in [0.15, 0.2) is 0 Å². The molecule has 202 valence electrons. The number of amides is 3. The van der Waals surface area contributed by atoms with Gasteiger partial charge in [-0.3, -0.25) is 19.1 Å². The van der Waals surface area contributed by atoms with Crippen LogP contribution in [0.2, 0.25) is 0 Å². The van der Waals surface area contributed by atoms with E-state index in [0.29, 0.717) is 18.8 Å². The second-order valence-corrected chi connectivity index (χ2v) is 10.2. The number of hydrogen-bond donors (Lipinski definition) is 3. The van der Waals surface area contributed by atoms with Gasteiger partial charge in [-0.2, -0.15) is 5.10 Å². The Morgan fingerprint density at radius 2 is 1.39 bits per heavy atom. The van der Waals surface area contributed by atoms with Crippen LogP contribution >= 0.6 is 0 Å². The molecule has 0 unspecified atom stereocenters. The zero-order valence-electron chi connectivity index (χ0n) is 22.9. The van der Waals surface area contributed by atoms with Crippen LogP contribution in [0.15, 0.2) is 66.7 Å². The molecular weight excluding hydrogens is 478 g/mol. The summed E-state index contributed by atoms with van der Waals surface area (Å²) in [7, 11) is 0. The van der Waals surface area contributed by atoms with E-state index in [1.165, 1.54) is 6.92 Å². The van der Waals surface area contributed by atoms with E-state index in [9.17, 15) is 14.4 Å². The SMILES string of the molecule is CC(=O)N[C@@H](Cc1ccccc1)C(=O)N[C@@H](C)C(=O)N[C@@H](Cc1ccccc1)c1cc(C)n(CC(C)C)n1. The topological polar surface area (TPSA) is 105 Å². The average molecular weight is 518 g/mol. The lowest BCUT2D eigenvalue weighted by molar-refractivity contribution is -0.131. The van der Waals surface area contributed by atoms with E-state index in [-0.39, 0.29) is 17.9 Å². The molecule has 0 aliphatic rings. The smallest absolute Gasteiger partial charge is 0.243 e. The van der Waals surface area contributed by atoms with E-state index >= 15 is 0 Å². The molecule has 8 heteroatoms. The molecule has 3 amide bonds. The molecule has 3 aromatic rings. The molecule has 0 saturated carbocycles. The van der Waals surface area contributed by atoms with Crippen molar-refractivity contribution in [2.24, 2.45) is 5.92 Å². The minimum atomic E-state index is -0.813. The number of benzene rings is 2. The summed E-state index contributed by atoms with van der Waals surface area (Å²) in [4.78, 5) is 38.1. The number of rotatable bonds is 12. The van der Waals surface area contributed by atoms with Gasteiger partial charge in [-0.1, -0.05) is 74.5 Å². The first-order valence-electron chi connectivity index (χ1n) is 13.1. The number of hydrogen-bond acceptors (Lipinski definition) is 4. The Kier molecular flexibility index (Phi) is 10.2. The molecule has 1 aromatic heterocycles. The standard InChI is InChI=1S/C30H39N5O3/c1-20(2)19-35-21(3)16-27(34-35)26(17-24-12-8-6-9-13-24)33-29(37)22(4)31-30(38)28(32-23(5)36)18-25-14-10-7-11-15-25/h6-16,20,22,26,28H,17-19H2,1-5H3,(H,31,38)(H,32,36)(H,33,37)/t22-,26-,28-/m0/s1. The van der Waals surface area contributed by atoms with Crippen molar-refractivity contribution in [3.8, 4) is 0 Å². The quantitative estimate of drug-likeness (QED) is 0.342. The second-order valence-electron chi connectivity index (χ2n) is 10.2. The summed E-state index contributed by atoms with van der Waals surface area (Å²) in [5, 5.41) is 13.4. The molecular formula is C30H39N5O3. The second kappa shape index (κ2) is 13.6. The van der Waals surface area contributed by atoms with Gasteiger partial charge in [-0.15, -0.1) is 0 Å². The van der Waals surface area contributed by atoms with E-state index in [2.05, 4.69) is 29.8 Å². The van der Waals surface area contributed by atoms with Crippen molar-refractivity contribution in [2.75, 3.05) is 0 Å². The first kappa shape index (κ1) is 28.6. The van der Waals surface area contributed by atoms with Crippen molar-refractivity contribution >= 4 is 17.7 Å². The highest BCUT2D eigenvalue weighted by molar-refractivity contribution is 5.91. The molecule has 0 spiro atoms. The monoisotopic (exact) mass is 517 g/mol. The van der Waals surface area contributed by atoms with Crippen LogP contribution in [0.5, 0.6) is 0 Å². The first-order chi connectivity index (χ1) is 18.1. The van der Waals surface area contributed by atoms with Gasteiger partial charge in [-0.25, -0.2) is 0 Å². The molecule has 0 aliphatic heterocycles. The van der Waals surface area contributed by atoms with E-state index in [1.807, 2.05) is 78.3 Å². The summed E-state index contributed by atoms with van der Waals surface area (Å²) in [6, 6.07) is 19.4. The predicted molar refractivity (Wildman–Crippen MR) is 148 cm³/mol. The molecule has 0 saturated heterocycles. The van der Waals surface area contributed by atoms with Crippen molar-refractivity contribution in [3.63, 3.8) is 0 Å². The van der Waals surface area contributed by atoms with Gasteiger partial charge < -0.3 is 16.0 Å². The van der Waals surface area contributed by atoms with Crippen molar-refractivity contribution < 1.29 is 14.4 Å². The summed E-state index contributed by atoms with van der Waals surface area (Å²) < 4.78 is 1.97. The van der Waals surface area contributed by atoms with Crippen molar-refractivity contribution in [1.29, 1.82) is 0 Å². The summed E-state index contributed by atoms with van der Waals surface area (Å²) in [5.74, 6) is -0.611. The van der Waals surface area contributed by atoms with E-state index in [4.69, 9.17) is 5.10 Å². The van der Waals surface area contributed by atoms with Crippen molar-refractivity contribution in [2.45, 2.75) is 72.1 Å². The molecule has 38 heavy (non-hydrogen) atoms. The normalized spacial score (nSPS) is 13.4. The van der Waals surface area contributed by atoms with Crippen LogP contribution in [0.25, 0.3) is 0 Å². The Labute approximate surface area is 225 Å². The fraction of sp³-hybridized carbons (Fsp3) is 0.400. The van der Waals surface area contributed by atoms with Crippen LogP contribution in [0.4, 0.5) is 0 Å². The van der Waals surface area contributed by atoms with Gasteiger partial charge in [0, 0.05) is 25.6 Å². The Morgan fingerprint density at radius 1 is 0.816 bits per heavy atom. The van der Waals surface area contributed by atoms with Gasteiger partial charge in [0.05, 0.1) is 11.7 Å². The fourth-order valence-corrected chi connectivity index (χ4v) is 4.30. The third-order valence-corrected chi connectivity index (χ3v) is 6.22. The van der Waals surface area contributed by atoms with Crippen LogP contribution in [-0.2, 0) is 33.8 Å². The molecule has 0 radical (unpaired) electrons. The number of carbonyl (C=O) groups is 3. The Balaban J connectivity index is 1.74. The fourth-order valence-electron chi connectivity index (χ4n) is 4.30. The lowest BCUT2D eigenvalue weighted by atomic mass is 10.0. The highest BCUT2D eigenvalue weighted by Crippen LogP contribution is 2.20. The molecule has 2 aromatic carbocycles. The lowest BCUT2D eigenvalue weighted by Gasteiger charge is -2.23. The van der Waals surface area contributed by atoms with E-state index in [1.54, 1.807) is 6.92 Å². The third-order valence-electron chi connectivity index (χ3n) is 6.22. The van der Waals surface area contributed by atoms with Gasteiger partial charge in [-0.05, 0) is 43.4 Å². The first-order valence-corrected chi connectivity index (χ1v) is 13.1. The van der Waals surface area contributed by atoms with Gasteiger partial charge in [0.1, 0.15) is 12.1 Å². The Morgan fingerprint density at radius 3 is 1.95 bits per heavy atom. The molecule has 1 heterocycles. The summed E-state index contributed by atoms with van der Waals surface area (Å²) in [6.45, 7) is 10.1. The summed E-state index contributed by atoms with van der Waals surface area (Å²) in [6.07, 6.45) is 0.887. The summed E-state index contributed by atoms with van der Waals surface area (Å²) >= 11 is 0. The molecule has 3 rings (SSSR count). The largest absolute Gasteiger partial charge is 0.346 e. The van der Waals surface area contributed by atoms with E-state index in [0.717, 1.165) is 29.1 Å². The van der Waals surface area contributed by atoms with Crippen LogP contribution in [0, 0.1) is 12.8 Å². The number of aryl methyl sites for hydroxylation is 1. The molecule has 3 atom stereocenters. The highest BCUT2D eigenvalue weighted by Gasteiger charge is 2.26. The minimum absolute atomic E-state index is 0.312. The molecule has 0 bridgehead atoms. The molecule has 3 N–H and O–H groups in total. The lowest BCUT2D eigenvalue weighted by Crippen LogP contribution is -2.53. The maximum Gasteiger partial charge on any atom is 0.243 e. The number of nitrogens with zero attached hydrogens (tertiary/aromatic N) is 2. The van der Waals surface area contributed by atoms with Crippen LogP contribution in [-0.4, -0.2) is 39.6 Å². The third kappa shape index (κ3) is 8.57. The molecule has 0 fully saturated rings. The minimum Gasteiger partial charge on any atom is -0.346 e. The van der Waals surface area contributed by atoms with Gasteiger partial charge in [0.2, 0.25) is 17.7 Å². The zero-order chi connectivity index (χ0) is 27.7. The average Bonchev–Trinajstić information content (AvgIpc) is 3.23. The number of carbonyl (C=O) groups excluding carboxylic acids is 3. The van der Waals surface area contributed by atoms with Crippen molar-refractivity contribution in [3.05, 3.63) is 89.2 Å². The maximum absolute atomic E-state index is 13.3. The van der Waals surface area contributed by atoms with Crippen molar-refractivity contribution in [1.82, 2.24) is 25.7 Å². The predicted octanol–water partition coefficient (Wildman–Crippen LogP) is 3.50. The van der Waals surface area contributed by atoms with Gasteiger partial charge in [0.25, 0.3) is 0 Å². The van der Waals surface area contributed by atoms with Gasteiger partial charge >= 0.3 is 0 Å². The molecule has 8 nitrogen and oxygen atoms in total. The summed E-state index contributed by atoms with van der Waals surface area (Å²) in [5.41, 5.74) is 3.79. The zero-order valence-corrected chi connectivity index (χ0v) is 22.9. The van der Waals surface area contributed by atoms with Crippen LogP contribution in [0.1, 0.15) is 56.3 Å². The Hall–Kier alpha value is -3.94. The van der Waals surface area contributed by atoms with E-state index < -0.39 is 18.0 Å². The number of aromatic nitrogens is 2. The Bertz CT molecular complexity index is 1210. The molecule has 0 aliphatic carbocycles. The number of nitrogens with one attached hydrogen (secondary N) is 3. The highest BCUT2D eigenvalue weighted by atomic mass is 16.2. The van der Waals surface area contributed by atoms with Crippen LogP contribution in [0.3, 0.4) is 0 Å². The van der Waals surface area contributed by atoms with Crippen LogP contribution < -0.4 is 16.0 Å².